The van der Waals surface area contributed by atoms with E-state index in [0.717, 1.165) is 0 Å². The molecule has 0 aliphatic carbocycles. The van der Waals surface area contributed by atoms with Crippen LogP contribution in [-0.2, 0) is 9.59 Å². The first-order chi connectivity index (χ1) is 7.24. The molecule has 0 aromatic carbocycles. The molecule has 0 aliphatic heterocycles. The first kappa shape index (κ1) is 11.1. The van der Waals surface area contributed by atoms with Crippen molar-refractivity contribution in [2.24, 2.45) is 5.73 Å². The summed E-state index contributed by atoms with van der Waals surface area (Å²) in [5.74, 6) is -1.48. The van der Waals surface area contributed by atoms with Gasteiger partial charge in [0.25, 0.3) is 0 Å². The van der Waals surface area contributed by atoms with Crippen molar-refractivity contribution >= 4 is 17.8 Å². The highest BCUT2D eigenvalue weighted by molar-refractivity contribution is 6.39. The van der Waals surface area contributed by atoms with Gasteiger partial charge >= 0.3 is 11.8 Å². The van der Waals surface area contributed by atoms with Crippen molar-refractivity contribution < 1.29 is 9.59 Å². The van der Waals surface area contributed by atoms with Crippen LogP contribution in [0, 0.1) is 0 Å². The number of nitrogens with one attached hydrogen (secondary N) is 2. The number of anilines is 1. The summed E-state index contributed by atoms with van der Waals surface area (Å²) < 4.78 is 0. The van der Waals surface area contributed by atoms with Crippen LogP contribution in [-0.4, -0.2) is 34.9 Å². The van der Waals surface area contributed by atoms with E-state index in [1.54, 1.807) is 6.07 Å². The van der Waals surface area contributed by atoms with Crippen LogP contribution < -0.4 is 16.4 Å². The third kappa shape index (κ3) is 3.69. The summed E-state index contributed by atoms with van der Waals surface area (Å²) in [7, 11) is 0. The van der Waals surface area contributed by atoms with Crippen LogP contribution in [0.5, 0.6) is 0 Å². The van der Waals surface area contributed by atoms with Gasteiger partial charge in [-0.2, -0.15) is 0 Å². The normalized spacial score (nSPS) is 9.40. The number of aromatic nitrogens is 2. The molecule has 80 valence electrons. The van der Waals surface area contributed by atoms with Gasteiger partial charge in [0.15, 0.2) is 0 Å². The summed E-state index contributed by atoms with van der Waals surface area (Å²) in [5, 5.41) is 4.56. The van der Waals surface area contributed by atoms with Gasteiger partial charge in [-0.1, -0.05) is 0 Å². The molecule has 1 heterocycles. The molecule has 0 saturated heterocycles. The first-order valence-electron chi connectivity index (χ1n) is 4.30. The van der Waals surface area contributed by atoms with Crippen LogP contribution in [0.3, 0.4) is 0 Å². The Labute approximate surface area is 86.1 Å². The van der Waals surface area contributed by atoms with Gasteiger partial charge in [-0.25, -0.2) is 9.97 Å². The number of amides is 2. The van der Waals surface area contributed by atoms with Gasteiger partial charge < -0.3 is 11.1 Å². The summed E-state index contributed by atoms with van der Waals surface area (Å²) in [5.41, 5.74) is 5.16. The summed E-state index contributed by atoms with van der Waals surface area (Å²) >= 11 is 0. The van der Waals surface area contributed by atoms with Crippen molar-refractivity contribution in [2.45, 2.75) is 0 Å². The lowest BCUT2D eigenvalue weighted by molar-refractivity contribution is -0.136. The van der Waals surface area contributed by atoms with Crippen molar-refractivity contribution in [3.8, 4) is 0 Å². The molecule has 2 amide bonds. The Bertz CT molecular complexity index is 340. The van der Waals surface area contributed by atoms with Gasteiger partial charge in [-0.15, -0.1) is 0 Å². The van der Waals surface area contributed by atoms with Crippen molar-refractivity contribution in [3.63, 3.8) is 0 Å². The van der Waals surface area contributed by atoms with E-state index in [4.69, 9.17) is 5.73 Å². The molecule has 0 bridgehead atoms. The number of hydrogen-bond acceptors (Lipinski definition) is 5. The van der Waals surface area contributed by atoms with Gasteiger partial charge in [0, 0.05) is 25.5 Å². The number of carbonyl (C=O) groups is 2. The fraction of sp³-hybridized carbons (Fsp3) is 0.250. The van der Waals surface area contributed by atoms with E-state index in [0.29, 0.717) is 0 Å². The Kier molecular flexibility index (Phi) is 4.17. The van der Waals surface area contributed by atoms with Crippen molar-refractivity contribution in [1.29, 1.82) is 0 Å². The molecule has 15 heavy (non-hydrogen) atoms. The highest BCUT2D eigenvalue weighted by Gasteiger charge is 2.13. The maximum atomic E-state index is 11.2. The molecule has 1 aromatic heterocycles. The Morgan fingerprint density at radius 2 is 1.93 bits per heavy atom. The van der Waals surface area contributed by atoms with Crippen LogP contribution >= 0.6 is 0 Å². The molecule has 0 fully saturated rings. The summed E-state index contributed by atoms with van der Waals surface area (Å²) in [6.07, 6.45) is 2.92. The molecular weight excluding hydrogens is 198 g/mol. The molecule has 0 aliphatic rings. The van der Waals surface area contributed by atoms with Crippen LogP contribution in [0.2, 0.25) is 0 Å². The third-order valence-electron chi connectivity index (χ3n) is 1.43. The van der Waals surface area contributed by atoms with Crippen molar-refractivity contribution in [3.05, 3.63) is 18.5 Å². The smallest absolute Gasteiger partial charge is 0.316 e. The lowest BCUT2D eigenvalue weighted by atomic mass is 10.5. The molecule has 1 rings (SSSR count). The lowest BCUT2D eigenvalue weighted by Crippen LogP contribution is -2.38. The minimum absolute atomic E-state index is 0.0883. The predicted molar refractivity (Wildman–Crippen MR) is 52.7 cm³/mol. The average molecular weight is 209 g/mol. The predicted octanol–water partition coefficient (Wildman–Crippen LogP) is -1.51. The third-order valence-corrected chi connectivity index (χ3v) is 1.43. The largest absolute Gasteiger partial charge is 0.347 e. The summed E-state index contributed by atoms with van der Waals surface area (Å²) in [4.78, 5) is 29.7. The van der Waals surface area contributed by atoms with Crippen molar-refractivity contribution in [1.82, 2.24) is 15.3 Å². The molecule has 1 aromatic rings. The number of rotatable bonds is 3. The van der Waals surface area contributed by atoms with Gasteiger partial charge in [-0.05, 0) is 6.07 Å². The molecule has 0 spiro atoms. The maximum absolute atomic E-state index is 11.2. The van der Waals surface area contributed by atoms with Gasteiger partial charge in [0.2, 0.25) is 5.95 Å². The van der Waals surface area contributed by atoms with Crippen LogP contribution in [0.4, 0.5) is 5.95 Å². The lowest BCUT2D eigenvalue weighted by Gasteiger charge is -2.03. The van der Waals surface area contributed by atoms with Gasteiger partial charge in [0.1, 0.15) is 0 Å². The number of hydrogen-bond donors (Lipinski definition) is 3. The maximum Gasteiger partial charge on any atom is 0.316 e. The second-order valence-corrected chi connectivity index (χ2v) is 2.57. The molecule has 0 saturated carbocycles. The van der Waals surface area contributed by atoms with E-state index in [2.05, 4.69) is 20.6 Å². The summed E-state index contributed by atoms with van der Waals surface area (Å²) in [6, 6.07) is 1.60. The van der Waals surface area contributed by atoms with Gasteiger partial charge in [0.05, 0.1) is 0 Å². The fourth-order valence-corrected chi connectivity index (χ4v) is 0.788. The van der Waals surface area contributed by atoms with E-state index in [9.17, 15) is 9.59 Å². The topological polar surface area (TPSA) is 110 Å². The first-order valence-corrected chi connectivity index (χ1v) is 4.30. The standard InChI is InChI=1S/C8H11N5O2/c9-2-5-10-6(14)7(15)13-8-11-3-1-4-12-8/h1,3-4H,2,5,9H2,(H,10,14)(H,11,12,13,15). The molecule has 7 nitrogen and oxygen atoms in total. The fourth-order valence-electron chi connectivity index (χ4n) is 0.788. The Balaban J connectivity index is 2.45. The zero-order chi connectivity index (χ0) is 11.1. The Morgan fingerprint density at radius 3 is 2.53 bits per heavy atom. The average Bonchev–Trinajstić information content (AvgIpc) is 2.27. The SMILES string of the molecule is NCCNC(=O)C(=O)Nc1ncccn1. The van der Waals surface area contributed by atoms with Crippen LogP contribution in [0.25, 0.3) is 0 Å². The molecule has 7 heteroatoms. The molecule has 4 N–H and O–H groups in total. The second kappa shape index (κ2) is 5.66. The van der Waals surface area contributed by atoms with Crippen LogP contribution in [0.15, 0.2) is 18.5 Å². The molecule has 0 radical (unpaired) electrons. The quantitative estimate of drug-likeness (QED) is 0.524. The highest BCUT2D eigenvalue weighted by Crippen LogP contribution is 1.92. The minimum Gasteiger partial charge on any atom is -0.347 e. The van der Waals surface area contributed by atoms with E-state index in [1.165, 1.54) is 12.4 Å². The Morgan fingerprint density at radius 1 is 1.27 bits per heavy atom. The van der Waals surface area contributed by atoms with E-state index in [1.807, 2.05) is 0 Å². The molecule has 0 unspecified atom stereocenters. The molecular formula is C8H11N5O2. The second-order valence-electron chi connectivity index (χ2n) is 2.57. The summed E-state index contributed by atoms with van der Waals surface area (Å²) in [6.45, 7) is 0.531. The van der Waals surface area contributed by atoms with Crippen LogP contribution in [0.1, 0.15) is 0 Å². The monoisotopic (exact) mass is 209 g/mol. The van der Waals surface area contributed by atoms with Gasteiger partial charge in [-0.3, -0.25) is 14.9 Å². The highest BCUT2D eigenvalue weighted by atomic mass is 16.2. The number of carbonyl (C=O) groups excluding carboxylic acids is 2. The van der Waals surface area contributed by atoms with E-state index in [-0.39, 0.29) is 19.0 Å². The molecule has 0 atom stereocenters. The number of nitrogens with two attached hydrogens (primary N) is 1. The van der Waals surface area contributed by atoms with Crippen molar-refractivity contribution in [2.75, 3.05) is 18.4 Å². The minimum atomic E-state index is -0.811. The van der Waals surface area contributed by atoms with E-state index >= 15 is 0 Å². The van der Waals surface area contributed by atoms with E-state index < -0.39 is 11.8 Å². The zero-order valence-corrected chi connectivity index (χ0v) is 7.93. The Hall–Kier alpha value is -2.02. The zero-order valence-electron chi connectivity index (χ0n) is 7.93. The number of nitrogens with zero attached hydrogens (tertiary/aromatic N) is 2.